The molecule has 1 fully saturated rings. The van der Waals surface area contributed by atoms with Crippen molar-refractivity contribution in [1.29, 1.82) is 5.26 Å². The van der Waals surface area contributed by atoms with Crippen molar-refractivity contribution in [3.8, 4) is 6.07 Å². The third kappa shape index (κ3) is 3.87. The molecule has 4 rings (SSSR count). The van der Waals surface area contributed by atoms with Gasteiger partial charge >= 0.3 is 6.03 Å². The maximum atomic E-state index is 15.1. The first-order chi connectivity index (χ1) is 16.6. The Morgan fingerprint density at radius 1 is 0.943 bits per heavy atom. The molecule has 6 nitrogen and oxygen atoms in total. The molecule has 0 saturated carbocycles. The Kier molecular flexibility index (Phi) is 5.99. The molecule has 3 aromatic carbocycles. The fraction of sp³-hybridized carbons (Fsp3) is 0.192. The van der Waals surface area contributed by atoms with Gasteiger partial charge < -0.3 is 10.2 Å². The van der Waals surface area contributed by atoms with E-state index in [1.165, 1.54) is 24.8 Å². The predicted octanol–water partition coefficient (Wildman–Crippen LogP) is 5.78. The van der Waals surface area contributed by atoms with E-state index in [0.29, 0.717) is 16.2 Å². The summed E-state index contributed by atoms with van der Waals surface area (Å²) in [6, 6.07) is 16.8. The van der Waals surface area contributed by atoms with E-state index in [1.54, 1.807) is 24.3 Å². The van der Waals surface area contributed by atoms with E-state index < -0.39 is 51.7 Å². The van der Waals surface area contributed by atoms with Crippen molar-refractivity contribution in [3.05, 3.63) is 88.7 Å². The summed E-state index contributed by atoms with van der Waals surface area (Å²) in [5.41, 5.74) is -1.80. The van der Waals surface area contributed by atoms with Crippen LogP contribution in [0.4, 0.5) is 35.0 Å². The molecule has 0 aliphatic carbocycles. The summed E-state index contributed by atoms with van der Waals surface area (Å²) in [6.45, 7) is 3.91. The summed E-state index contributed by atoms with van der Waals surface area (Å²) in [4.78, 5) is 28.1. The second-order valence-corrected chi connectivity index (χ2v) is 8.62. The number of benzene rings is 3. The third-order valence-electron chi connectivity index (χ3n) is 6.09. The molecule has 0 radical (unpaired) electrons. The van der Waals surface area contributed by atoms with Crippen molar-refractivity contribution in [3.63, 3.8) is 0 Å². The van der Waals surface area contributed by atoms with Crippen molar-refractivity contribution < 1.29 is 22.8 Å². The summed E-state index contributed by atoms with van der Waals surface area (Å²) in [5, 5.41) is 12.3. The van der Waals surface area contributed by atoms with Gasteiger partial charge in [-0.25, -0.2) is 22.9 Å². The van der Waals surface area contributed by atoms with E-state index in [4.69, 9.17) is 5.26 Å². The van der Waals surface area contributed by atoms with Crippen LogP contribution in [0.1, 0.15) is 30.5 Å². The fourth-order valence-corrected chi connectivity index (χ4v) is 4.02. The number of anilines is 3. The summed E-state index contributed by atoms with van der Waals surface area (Å²) >= 11 is 0. The highest BCUT2D eigenvalue weighted by atomic mass is 19.2. The second-order valence-electron chi connectivity index (χ2n) is 8.62. The highest BCUT2D eigenvalue weighted by Crippen LogP contribution is 2.39. The Balaban J connectivity index is 1.74. The maximum Gasteiger partial charge on any atom is 0.332 e. The Morgan fingerprint density at radius 2 is 1.57 bits per heavy atom. The van der Waals surface area contributed by atoms with Crippen LogP contribution in [0.15, 0.2) is 54.6 Å². The van der Waals surface area contributed by atoms with Crippen molar-refractivity contribution in [2.75, 3.05) is 10.2 Å². The summed E-state index contributed by atoms with van der Waals surface area (Å²) in [6.07, 6.45) is 0. The number of amides is 3. The van der Waals surface area contributed by atoms with Crippen LogP contribution >= 0.6 is 0 Å². The minimum absolute atomic E-state index is 0.0644. The van der Waals surface area contributed by atoms with Gasteiger partial charge in [-0.3, -0.25) is 4.79 Å². The average Bonchev–Trinajstić information content (AvgIpc) is 3.00. The molecular formula is C26H21F3N4O2. The number of nitrogens with zero attached hydrogens (tertiary/aromatic N) is 3. The van der Waals surface area contributed by atoms with Gasteiger partial charge in [0.15, 0.2) is 17.5 Å². The smallest absolute Gasteiger partial charge is 0.332 e. The average molecular weight is 478 g/mol. The standard InChI is InChI=1S/C26H21F3N4O2/c1-15-18(13-30)21(28)22(29)23(20(15)27)33-24(34)26(2,3)32(25(33)35)14-16-9-7-8-12-19(16)31-17-10-5-4-6-11-17/h4-12,31H,14H2,1-3H3. The van der Waals surface area contributed by atoms with Crippen LogP contribution in [0.5, 0.6) is 0 Å². The van der Waals surface area contributed by atoms with Gasteiger partial charge in [0.05, 0.1) is 12.1 Å². The Bertz CT molecular complexity index is 1350. The van der Waals surface area contributed by atoms with Gasteiger partial charge in [0, 0.05) is 16.9 Å². The Hall–Kier alpha value is -4.32. The summed E-state index contributed by atoms with van der Waals surface area (Å²) in [5.74, 6) is -5.64. The number of para-hydroxylation sites is 2. The number of imide groups is 1. The lowest BCUT2D eigenvalue weighted by Gasteiger charge is -2.28. The van der Waals surface area contributed by atoms with Crippen molar-refractivity contribution in [2.24, 2.45) is 0 Å². The molecule has 0 spiro atoms. The van der Waals surface area contributed by atoms with Crippen LogP contribution in [0.25, 0.3) is 0 Å². The summed E-state index contributed by atoms with van der Waals surface area (Å²) < 4.78 is 44.4. The van der Waals surface area contributed by atoms with Crippen molar-refractivity contribution in [1.82, 2.24) is 4.90 Å². The predicted molar refractivity (Wildman–Crippen MR) is 124 cm³/mol. The van der Waals surface area contributed by atoms with Gasteiger partial charge in [0.2, 0.25) is 0 Å². The van der Waals surface area contributed by atoms with E-state index in [9.17, 15) is 18.4 Å². The number of nitrogens with one attached hydrogen (secondary N) is 1. The lowest BCUT2D eigenvalue weighted by molar-refractivity contribution is -0.123. The third-order valence-corrected chi connectivity index (χ3v) is 6.09. The van der Waals surface area contributed by atoms with Gasteiger partial charge in [-0.2, -0.15) is 5.26 Å². The molecule has 9 heteroatoms. The van der Waals surface area contributed by atoms with E-state index in [-0.39, 0.29) is 6.54 Å². The molecule has 178 valence electrons. The first-order valence-electron chi connectivity index (χ1n) is 10.7. The van der Waals surface area contributed by atoms with Crippen LogP contribution in [0.2, 0.25) is 0 Å². The van der Waals surface area contributed by atoms with Gasteiger partial charge in [-0.05, 0) is 44.5 Å². The molecule has 0 bridgehead atoms. The van der Waals surface area contributed by atoms with E-state index in [0.717, 1.165) is 12.6 Å². The highest BCUT2D eigenvalue weighted by molar-refractivity contribution is 6.23. The fourth-order valence-electron chi connectivity index (χ4n) is 4.02. The molecule has 1 aliphatic rings. The highest BCUT2D eigenvalue weighted by Gasteiger charge is 2.53. The quantitative estimate of drug-likeness (QED) is 0.373. The Morgan fingerprint density at radius 3 is 2.23 bits per heavy atom. The largest absolute Gasteiger partial charge is 0.355 e. The molecule has 0 aromatic heterocycles. The zero-order valence-electron chi connectivity index (χ0n) is 19.2. The number of rotatable bonds is 5. The zero-order chi connectivity index (χ0) is 25.5. The molecule has 1 aliphatic heterocycles. The van der Waals surface area contributed by atoms with Gasteiger partial charge in [-0.1, -0.05) is 36.4 Å². The molecule has 1 saturated heterocycles. The lowest BCUT2D eigenvalue weighted by Crippen LogP contribution is -2.43. The molecule has 1 heterocycles. The number of carbonyl (C=O) groups excluding carboxylic acids is 2. The zero-order valence-corrected chi connectivity index (χ0v) is 19.2. The van der Waals surface area contributed by atoms with E-state index >= 15 is 4.39 Å². The first-order valence-corrected chi connectivity index (χ1v) is 10.7. The number of urea groups is 1. The molecular weight excluding hydrogens is 457 g/mol. The number of nitriles is 1. The molecule has 0 unspecified atom stereocenters. The minimum atomic E-state index is -1.77. The molecule has 3 amide bonds. The van der Waals surface area contributed by atoms with Crippen LogP contribution in [-0.4, -0.2) is 22.4 Å². The van der Waals surface area contributed by atoms with Crippen LogP contribution in [-0.2, 0) is 11.3 Å². The second kappa shape index (κ2) is 8.80. The topological polar surface area (TPSA) is 76.4 Å². The van der Waals surface area contributed by atoms with E-state index in [1.807, 2.05) is 30.3 Å². The SMILES string of the molecule is Cc1c(F)c(N2C(=O)N(Cc3ccccc3Nc3ccccc3)C(C)(C)C2=O)c(F)c(F)c1C#N. The van der Waals surface area contributed by atoms with Crippen LogP contribution < -0.4 is 10.2 Å². The van der Waals surface area contributed by atoms with Gasteiger partial charge in [-0.15, -0.1) is 0 Å². The molecule has 0 atom stereocenters. The summed E-state index contributed by atoms with van der Waals surface area (Å²) in [7, 11) is 0. The first kappa shape index (κ1) is 23.8. The number of hydrogen-bond donors (Lipinski definition) is 1. The van der Waals surface area contributed by atoms with Crippen LogP contribution in [0, 0.1) is 35.7 Å². The van der Waals surface area contributed by atoms with E-state index in [2.05, 4.69) is 5.32 Å². The number of halogens is 3. The normalized spacial score (nSPS) is 14.9. The van der Waals surface area contributed by atoms with Gasteiger partial charge in [0.25, 0.3) is 5.91 Å². The monoisotopic (exact) mass is 478 g/mol. The molecule has 1 N–H and O–H groups in total. The van der Waals surface area contributed by atoms with Crippen molar-refractivity contribution >= 4 is 29.0 Å². The van der Waals surface area contributed by atoms with Gasteiger partial charge in [0.1, 0.15) is 17.3 Å². The molecule has 35 heavy (non-hydrogen) atoms. The minimum Gasteiger partial charge on any atom is -0.355 e. The van der Waals surface area contributed by atoms with Crippen LogP contribution in [0.3, 0.4) is 0 Å². The lowest BCUT2D eigenvalue weighted by atomic mass is 10.0. The van der Waals surface area contributed by atoms with Crippen molar-refractivity contribution in [2.45, 2.75) is 32.9 Å². The Labute approximate surface area is 200 Å². The number of carbonyl (C=O) groups is 2. The maximum absolute atomic E-state index is 15.1. The molecule has 3 aromatic rings. The number of hydrogen-bond acceptors (Lipinski definition) is 4.